The number of nitrogens with one attached hydrogen (secondary N) is 2. The summed E-state index contributed by atoms with van der Waals surface area (Å²) in [6, 6.07) is 2.10. The number of rotatable bonds is 1. The maximum Gasteiger partial charge on any atom is 0.315 e. The van der Waals surface area contributed by atoms with E-state index in [0.717, 1.165) is 4.47 Å². The van der Waals surface area contributed by atoms with Gasteiger partial charge in [-0.2, -0.15) is 0 Å². The maximum absolute atomic E-state index is 10.8. The van der Waals surface area contributed by atoms with Gasteiger partial charge in [-0.1, -0.05) is 0 Å². The lowest BCUT2D eigenvalue weighted by Gasteiger charge is -2.03. The van der Waals surface area contributed by atoms with Gasteiger partial charge >= 0.3 is 6.03 Å². The molecule has 12 heavy (non-hydrogen) atoms. The van der Waals surface area contributed by atoms with E-state index in [4.69, 9.17) is 0 Å². The molecule has 0 aliphatic carbocycles. The van der Waals surface area contributed by atoms with Gasteiger partial charge in [-0.3, -0.25) is 0 Å². The number of urea groups is 1. The third kappa shape index (κ3) is 1.47. The van der Waals surface area contributed by atoms with Crippen molar-refractivity contribution in [3.8, 4) is 0 Å². The summed E-state index contributed by atoms with van der Waals surface area (Å²) in [6.07, 6.45) is 0. The molecule has 2 heterocycles. The zero-order valence-corrected chi connectivity index (χ0v) is 8.54. The summed E-state index contributed by atoms with van der Waals surface area (Å²) >= 11 is 5.02. The van der Waals surface area contributed by atoms with E-state index in [1.165, 1.54) is 4.88 Å². The van der Waals surface area contributed by atoms with Crippen LogP contribution in [0.25, 0.3) is 0 Å². The largest absolute Gasteiger partial charge is 0.336 e. The quantitative estimate of drug-likeness (QED) is 0.781. The fourth-order valence-electron chi connectivity index (χ4n) is 1.14. The molecule has 3 nitrogen and oxygen atoms in total. The number of carbonyl (C=O) groups is 1. The van der Waals surface area contributed by atoms with E-state index in [1.54, 1.807) is 11.3 Å². The number of amides is 2. The number of hydrogen-bond acceptors (Lipinski definition) is 2. The van der Waals surface area contributed by atoms with Crippen molar-refractivity contribution in [1.82, 2.24) is 10.6 Å². The lowest BCUT2D eigenvalue weighted by molar-refractivity contribution is 0.247. The van der Waals surface area contributed by atoms with Gasteiger partial charge < -0.3 is 10.6 Å². The van der Waals surface area contributed by atoms with E-state index in [1.807, 2.05) is 11.4 Å². The van der Waals surface area contributed by atoms with Crippen LogP contribution in [0.2, 0.25) is 0 Å². The smallest absolute Gasteiger partial charge is 0.315 e. The van der Waals surface area contributed by atoms with Crippen LogP contribution in [0.15, 0.2) is 15.9 Å². The summed E-state index contributed by atoms with van der Waals surface area (Å²) in [5.74, 6) is 0. The Labute approximate surface area is 82.3 Å². The van der Waals surface area contributed by atoms with E-state index in [0.29, 0.717) is 6.54 Å². The fraction of sp³-hybridized carbons (Fsp3) is 0.286. The number of halogens is 1. The second-order valence-electron chi connectivity index (χ2n) is 2.57. The van der Waals surface area contributed by atoms with Crippen molar-refractivity contribution in [2.45, 2.75) is 6.04 Å². The Kier molecular flexibility index (Phi) is 2.06. The van der Waals surface area contributed by atoms with Crippen molar-refractivity contribution in [3.63, 3.8) is 0 Å². The van der Waals surface area contributed by atoms with Crippen LogP contribution in [-0.4, -0.2) is 12.6 Å². The topological polar surface area (TPSA) is 41.1 Å². The van der Waals surface area contributed by atoms with Crippen molar-refractivity contribution in [3.05, 3.63) is 20.8 Å². The van der Waals surface area contributed by atoms with Gasteiger partial charge in [0.15, 0.2) is 0 Å². The highest BCUT2D eigenvalue weighted by Gasteiger charge is 2.22. The molecule has 5 heteroatoms. The van der Waals surface area contributed by atoms with E-state index in [9.17, 15) is 4.79 Å². The Morgan fingerprint density at radius 3 is 3.00 bits per heavy atom. The number of carbonyl (C=O) groups excluding carboxylic acids is 1. The molecule has 1 fully saturated rings. The molecule has 2 N–H and O–H groups in total. The minimum atomic E-state index is -0.0791. The molecule has 0 aromatic carbocycles. The number of hydrogen-bond donors (Lipinski definition) is 2. The first-order chi connectivity index (χ1) is 5.75. The highest BCUT2D eigenvalue weighted by molar-refractivity contribution is 9.10. The van der Waals surface area contributed by atoms with Crippen LogP contribution < -0.4 is 10.6 Å². The molecule has 0 radical (unpaired) electrons. The van der Waals surface area contributed by atoms with Crippen LogP contribution in [-0.2, 0) is 0 Å². The molecule has 0 bridgehead atoms. The van der Waals surface area contributed by atoms with E-state index < -0.39 is 0 Å². The van der Waals surface area contributed by atoms with Crippen molar-refractivity contribution < 1.29 is 4.79 Å². The zero-order valence-electron chi connectivity index (χ0n) is 6.13. The van der Waals surface area contributed by atoms with Crippen molar-refractivity contribution in [2.24, 2.45) is 0 Å². The summed E-state index contributed by atoms with van der Waals surface area (Å²) in [7, 11) is 0. The van der Waals surface area contributed by atoms with Crippen molar-refractivity contribution >= 4 is 33.3 Å². The van der Waals surface area contributed by atoms with Gasteiger partial charge in [-0.25, -0.2) is 4.79 Å². The molecule has 64 valence electrons. The van der Waals surface area contributed by atoms with E-state index in [2.05, 4.69) is 26.6 Å². The van der Waals surface area contributed by atoms with Crippen molar-refractivity contribution in [1.29, 1.82) is 0 Å². The summed E-state index contributed by atoms with van der Waals surface area (Å²) in [5.41, 5.74) is 0. The molecular formula is C7H7BrN2OS. The average molecular weight is 247 g/mol. The van der Waals surface area contributed by atoms with Crippen LogP contribution in [0.1, 0.15) is 10.9 Å². The minimum absolute atomic E-state index is 0.0791. The Hall–Kier alpha value is -0.550. The molecule has 0 spiro atoms. The minimum Gasteiger partial charge on any atom is -0.336 e. The molecular weight excluding hydrogens is 240 g/mol. The summed E-state index contributed by atoms with van der Waals surface area (Å²) in [4.78, 5) is 12.0. The molecule has 1 unspecified atom stereocenters. The third-order valence-electron chi connectivity index (χ3n) is 1.70. The summed E-state index contributed by atoms with van der Waals surface area (Å²) in [5, 5.41) is 7.56. The monoisotopic (exact) mass is 246 g/mol. The molecule has 1 aliphatic heterocycles. The van der Waals surface area contributed by atoms with Crippen LogP contribution in [0.4, 0.5) is 4.79 Å². The van der Waals surface area contributed by atoms with Crippen LogP contribution in [0.5, 0.6) is 0 Å². The zero-order chi connectivity index (χ0) is 8.55. The molecule has 0 saturated carbocycles. The van der Waals surface area contributed by atoms with Gasteiger partial charge in [0.25, 0.3) is 0 Å². The highest BCUT2D eigenvalue weighted by Crippen LogP contribution is 2.26. The van der Waals surface area contributed by atoms with E-state index in [-0.39, 0.29) is 12.1 Å². The van der Waals surface area contributed by atoms with Crippen LogP contribution >= 0.6 is 27.3 Å². The molecule has 1 saturated heterocycles. The van der Waals surface area contributed by atoms with Gasteiger partial charge in [0.1, 0.15) is 0 Å². The molecule has 1 atom stereocenters. The van der Waals surface area contributed by atoms with Crippen LogP contribution in [0.3, 0.4) is 0 Å². The molecule has 1 aromatic heterocycles. The molecule has 1 aliphatic rings. The lowest BCUT2D eigenvalue weighted by atomic mass is 10.2. The normalized spacial score (nSPS) is 22.1. The second kappa shape index (κ2) is 3.06. The average Bonchev–Trinajstić information content (AvgIpc) is 2.58. The standard InChI is InChI=1S/C7H7BrN2OS/c8-4-1-6(12-3-4)5-2-9-7(11)10-5/h1,3,5H,2H2,(H2,9,10,11). The summed E-state index contributed by atoms with van der Waals surface area (Å²) in [6.45, 7) is 0.686. The van der Waals surface area contributed by atoms with Gasteiger partial charge in [-0.15, -0.1) is 11.3 Å². The maximum atomic E-state index is 10.8. The van der Waals surface area contributed by atoms with E-state index >= 15 is 0 Å². The van der Waals surface area contributed by atoms with Gasteiger partial charge in [0, 0.05) is 21.3 Å². The third-order valence-corrected chi connectivity index (χ3v) is 3.51. The molecule has 1 aromatic rings. The fourth-order valence-corrected chi connectivity index (χ4v) is 2.63. The summed E-state index contributed by atoms with van der Waals surface area (Å²) < 4.78 is 1.07. The Morgan fingerprint density at radius 1 is 1.67 bits per heavy atom. The van der Waals surface area contributed by atoms with Crippen molar-refractivity contribution in [2.75, 3.05) is 6.54 Å². The lowest BCUT2D eigenvalue weighted by Crippen LogP contribution is -2.21. The highest BCUT2D eigenvalue weighted by atomic mass is 79.9. The molecule has 2 amide bonds. The molecule has 2 rings (SSSR count). The van der Waals surface area contributed by atoms with Gasteiger partial charge in [-0.05, 0) is 22.0 Å². The predicted molar refractivity (Wildman–Crippen MR) is 51.3 cm³/mol. The Morgan fingerprint density at radius 2 is 2.50 bits per heavy atom. The number of thiophene rings is 1. The second-order valence-corrected chi connectivity index (χ2v) is 4.43. The Balaban J connectivity index is 2.15. The first-order valence-corrected chi connectivity index (χ1v) is 5.21. The predicted octanol–water partition coefficient (Wildman–Crippen LogP) is 1.86. The first kappa shape index (κ1) is 8.07. The first-order valence-electron chi connectivity index (χ1n) is 3.54. The Bertz CT molecular complexity index is 312. The van der Waals surface area contributed by atoms with Gasteiger partial charge in [0.05, 0.1) is 6.04 Å². The van der Waals surface area contributed by atoms with Crippen LogP contribution in [0, 0.1) is 0 Å². The van der Waals surface area contributed by atoms with Gasteiger partial charge in [0.2, 0.25) is 0 Å². The SMILES string of the molecule is O=C1NCC(c2cc(Br)cs2)N1.